The molecule has 8 nitrogen and oxygen atoms in total. The van der Waals surface area contributed by atoms with Crippen molar-refractivity contribution in [3.05, 3.63) is 65.7 Å². The van der Waals surface area contributed by atoms with Crippen molar-refractivity contribution in [1.82, 2.24) is 10.1 Å². The molecule has 2 N–H and O–H groups in total. The maximum Gasteiger partial charge on any atom is 0.275 e. The van der Waals surface area contributed by atoms with E-state index in [1.807, 2.05) is 6.92 Å². The highest BCUT2D eigenvalue weighted by molar-refractivity contribution is 6.05. The number of carbonyl (C=O) groups excluding carboxylic acids is 2. The lowest BCUT2D eigenvalue weighted by atomic mass is 10.2. The highest BCUT2D eigenvalue weighted by Gasteiger charge is 2.14. The first-order valence-electron chi connectivity index (χ1n) is 8.31. The van der Waals surface area contributed by atoms with Crippen molar-refractivity contribution >= 4 is 23.3 Å². The van der Waals surface area contributed by atoms with E-state index in [1.165, 1.54) is 12.1 Å². The Labute approximate surface area is 155 Å². The second-order valence-corrected chi connectivity index (χ2v) is 5.60. The van der Waals surface area contributed by atoms with Gasteiger partial charge in [0.1, 0.15) is 22.9 Å². The lowest BCUT2D eigenvalue weighted by Gasteiger charge is -2.07. The third-order valence-corrected chi connectivity index (χ3v) is 3.51. The standard InChI is InChI=1S/C19H18N4O4/c1-3-26-14-9-7-13(8-10-14)20-18(24)15-5-4-6-16(21-15)19(25)22-17-11-12(2)27-23-17/h4-11H,3H2,1-2H3,(H,20,24)(H,22,23,25). The lowest BCUT2D eigenvalue weighted by Crippen LogP contribution is -2.18. The largest absolute Gasteiger partial charge is 0.494 e. The summed E-state index contributed by atoms with van der Waals surface area (Å²) in [5, 5.41) is 8.98. The highest BCUT2D eigenvalue weighted by atomic mass is 16.5. The van der Waals surface area contributed by atoms with Crippen LogP contribution in [0.3, 0.4) is 0 Å². The molecule has 0 fully saturated rings. The smallest absolute Gasteiger partial charge is 0.275 e. The number of nitrogens with zero attached hydrogens (tertiary/aromatic N) is 2. The zero-order chi connectivity index (χ0) is 19.2. The topological polar surface area (TPSA) is 106 Å². The molecule has 2 amide bonds. The first-order valence-corrected chi connectivity index (χ1v) is 8.31. The number of anilines is 2. The molecule has 0 radical (unpaired) electrons. The number of rotatable bonds is 6. The number of hydrogen-bond donors (Lipinski definition) is 2. The number of aromatic nitrogens is 2. The molecule has 0 saturated heterocycles. The van der Waals surface area contributed by atoms with E-state index in [4.69, 9.17) is 9.26 Å². The van der Waals surface area contributed by atoms with Crippen molar-refractivity contribution < 1.29 is 18.8 Å². The predicted molar refractivity (Wildman–Crippen MR) is 99.0 cm³/mol. The summed E-state index contributed by atoms with van der Waals surface area (Å²) in [5.41, 5.74) is 0.807. The van der Waals surface area contributed by atoms with Gasteiger partial charge in [-0.05, 0) is 50.2 Å². The van der Waals surface area contributed by atoms with Crippen LogP contribution in [0.25, 0.3) is 0 Å². The fourth-order valence-corrected chi connectivity index (χ4v) is 2.29. The van der Waals surface area contributed by atoms with Crippen molar-refractivity contribution in [3.8, 4) is 5.75 Å². The molecule has 2 aromatic heterocycles. The van der Waals surface area contributed by atoms with Crippen LogP contribution in [0.2, 0.25) is 0 Å². The average Bonchev–Trinajstić information content (AvgIpc) is 3.08. The summed E-state index contributed by atoms with van der Waals surface area (Å²) in [6.45, 7) is 4.18. The van der Waals surface area contributed by atoms with Gasteiger partial charge in [0.2, 0.25) is 0 Å². The highest BCUT2D eigenvalue weighted by Crippen LogP contribution is 2.16. The number of carbonyl (C=O) groups is 2. The molecule has 1 aromatic carbocycles. The summed E-state index contributed by atoms with van der Waals surface area (Å²) in [6.07, 6.45) is 0. The van der Waals surface area contributed by atoms with Crippen LogP contribution in [0.15, 0.2) is 53.1 Å². The number of amides is 2. The number of pyridine rings is 1. The number of benzene rings is 1. The minimum Gasteiger partial charge on any atom is -0.494 e. The SMILES string of the molecule is CCOc1ccc(NC(=O)c2cccc(C(=O)Nc3cc(C)on3)n2)cc1. The molecule has 27 heavy (non-hydrogen) atoms. The Morgan fingerprint density at radius 1 is 1.04 bits per heavy atom. The van der Waals surface area contributed by atoms with Crippen LogP contribution in [0.1, 0.15) is 33.7 Å². The van der Waals surface area contributed by atoms with Crippen molar-refractivity contribution in [2.45, 2.75) is 13.8 Å². The Morgan fingerprint density at radius 3 is 2.30 bits per heavy atom. The second-order valence-electron chi connectivity index (χ2n) is 5.60. The lowest BCUT2D eigenvalue weighted by molar-refractivity contribution is 0.101. The summed E-state index contributed by atoms with van der Waals surface area (Å²) in [4.78, 5) is 28.8. The molecule has 3 aromatic rings. The van der Waals surface area contributed by atoms with E-state index >= 15 is 0 Å². The van der Waals surface area contributed by atoms with Crippen LogP contribution in [-0.4, -0.2) is 28.6 Å². The molecular weight excluding hydrogens is 348 g/mol. The zero-order valence-electron chi connectivity index (χ0n) is 14.9. The van der Waals surface area contributed by atoms with Gasteiger partial charge in [0, 0.05) is 11.8 Å². The molecule has 0 saturated carbocycles. The van der Waals surface area contributed by atoms with Crippen LogP contribution in [0.5, 0.6) is 5.75 Å². The molecular formula is C19H18N4O4. The van der Waals surface area contributed by atoms with Crippen LogP contribution < -0.4 is 15.4 Å². The predicted octanol–water partition coefficient (Wildman–Crippen LogP) is 3.28. The summed E-state index contributed by atoms with van der Waals surface area (Å²) < 4.78 is 10.3. The quantitative estimate of drug-likeness (QED) is 0.693. The Morgan fingerprint density at radius 2 is 1.70 bits per heavy atom. The minimum atomic E-state index is -0.487. The second kappa shape index (κ2) is 8.13. The summed E-state index contributed by atoms with van der Waals surface area (Å²) in [6, 6.07) is 13.2. The van der Waals surface area contributed by atoms with Gasteiger partial charge in [-0.1, -0.05) is 11.2 Å². The molecule has 0 aliphatic heterocycles. The van der Waals surface area contributed by atoms with Crippen molar-refractivity contribution in [3.63, 3.8) is 0 Å². The molecule has 3 rings (SSSR count). The Hall–Kier alpha value is -3.68. The molecule has 0 spiro atoms. The Kier molecular flexibility index (Phi) is 5.46. The van der Waals surface area contributed by atoms with Crippen molar-refractivity contribution in [2.75, 3.05) is 17.2 Å². The molecule has 0 atom stereocenters. The normalized spacial score (nSPS) is 10.3. The van der Waals surface area contributed by atoms with Gasteiger partial charge in [0.25, 0.3) is 11.8 Å². The molecule has 138 valence electrons. The zero-order valence-corrected chi connectivity index (χ0v) is 14.9. The maximum atomic E-state index is 12.4. The minimum absolute atomic E-state index is 0.0926. The number of ether oxygens (including phenoxy) is 1. The molecule has 0 unspecified atom stereocenters. The van der Waals surface area contributed by atoms with Gasteiger partial charge in [-0.25, -0.2) is 4.98 Å². The monoisotopic (exact) mass is 366 g/mol. The Bertz CT molecular complexity index is 950. The Balaban J connectivity index is 1.68. The number of nitrogens with one attached hydrogen (secondary N) is 2. The van der Waals surface area contributed by atoms with Crippen LogP contribution in [0.4, 0.5) is 11.5 Å². The van der Waals surface area contributed by atoms with E-state index in [2.05, 4.69) is 20.8 Å². The van der Waals surface area contributed by atoms with E-state index in [1.54, 1.807) is 43.3 Å². The third kappa shape index (κ3) is 4.69. The number of hydrogen-bond acceptors (Lipinski definition) is 6. The third-order valence-electron chi connectivity index (χ3n) is 3.51. The molecule has 0 bridgehead atoms. The van der Waals surface area contributed by atoms with Gasteiger partial charge >= 0.3 is 0 Å². The van der Waals surface area contributed by atoms with Gasteiger partial charge < -0.3 is 19.9 Å². The number of aryl methyl sites for hydroxylation is 1. The van der Waals surface area contributed by atoms with Gasteiger partial charge in [0.05, 0.1) is 6.61 Å². The van der Waals surface area contributed by atoms with E-state index < -0.39 is 11.8 Å². The van der Waals surface area contributed by atoms with Gasteiger partial charge in [0.15, 0.2) is 5.82 Å². The van der Waals surface area contributed by atoms with Crippen LogP contribution in [0, 0.1) is 6.92 Å². The molecule has 8 heteroatoms. The first-order chi connectivity index (χ1) is 13.0. The van der Waals surface area contributed by atoms with E-state index in [0.29, 0.717) is 18.1 Å². The molecule has 0 aliphatic carbocycles. The van der Waals surface area contributed by atoms with E-state index in [0.717, 1.165) is 5.75 Å². The van der Waals surface area contributed by atoms with Crippen LogP contribution in [-0.2, 0) is 0 Å². The molecule has 0 aliphatic rings. The first kappa shape index (κ1) is 18.1. The average molecular weight is 366 g/mol. The van der Waals surface area contributed by atoms with Crippen LogP contribution >= 0.6 is 0 Å². The van der Waals surface area contributed by atoms with E-state index in [-0.39, 0.29) is 17.2 Å². The summed E-state index contributed by atoms with van der Waals surface area (Å²) in [7, 11) is 0. The fourth-order valence-electron chi connectivity index (χ4n) is 2.29. The van der Waals surface area contributed by atoms with Gasteiger partial charge in [-0.2, -0.15) is 0 Å². The molecule has 2 heterocycles. The van der Waals surface area contributed by atoms with Gasteiger partial charge in [-0.15, -0.1) is 0 Å². The van der Waals surface area contributed by atoms with Crippen molar-refractivity contribution in [1.29, 1.82) is 0 Å². The van der Waals surface area contributed by atoms with Gasteiger partial charge in [-0.3, -0.25) is 9.59 Å². The summed E-state index contributed by atoms with van der Waals surface area (Å²) >= 11 is 0. The van der Waals surface area contributed by atoms with E-state index in [9.17, 15) is 9.59 Å². The fraction of sp³-hybridized carbons (Fsp3) is 0.158. The van der Waals surface area contributed by atoms with Crippen molar-refractivity contribution in [2.24, 2.45) is 0 Å². The summed E-state index contributed by atoms with van der Waals surface area (Å²) in [5.74, 6) is 0.658. The maximum absolute atomic E-state index is 12.4.